The largest absolute Gasteiger partial charge is 0.338 e. The Labute approximate surface area is 122 Å². The highest BCUT2D eigenvalue weighted by Gasteiger charge is 2.25. The molecule has 1 atom stereocenters. The van der Waals surface area contributed by atoms with Gasteiger partial charge in [-0.05, 0) is 24.8 Å². The van der Waals surface area contributed by atoms with Crippen molar-refractivity contribution in [3.63, 3.8) is 0 Å². The Kier molecular flexibility index (Phi) is 4.76. The average Bonchev–Trinajstić information content (AvgIpc) is 2.44. The lowest BCUT2D eigenvalue weighted by Crippen LogP contribution is -2.44. The van der Waals surface area contributed by atoms with Gasteiger partial charge in [-0.25, -0.2) is 9.86 Å². The van der Waals surface area contributed by atoms with E-state index < -0.39 is 10.2 Å². The Morgan fingerprint density at radius 2 is 2.29 bits per heavy atom. The van der Waals surface area contributed by atoms with Gasteiger partial charge in [0.15, 0.2) is 0 Å². The highest BCUT2D eigenvalue weighted by Crippen LogP contribution is 2.17. The molecule has 116 valence electrons. The second-order valence-corrected chi connectivity index (χ2v) is 6.47. The summed E-state index contributed by atoms with van der Waals surface area (Å²) in [6, 6.07) is 2.81. The third-order valence-electron chi connectivity index (χ3n) is 3.40. The number of carbonyl (C=O) groups excluding carboxylic acids is 1. The predicted molar refractivity (Wildman–Crippen MR) is 76.8 cm³/mol. The number of amides is 1. The molecule has 8 nitrogen and oxygen atoms in total. The lowest BCUT2D eigenvalue weighted by molar-refractivity contribution is 0.0676. The molecule has 0 radical (unpaired) electrons. The fourth-order valence-electron chi connectivity index (χ4n) is 2.41. The van der Waals surface area contributed by atoms with E-state index in [1.807, 2.05) is 0 Å². The van der Waals surface area contributed by atoms with E-state index in [0.717, 1.165) is 12.8 Å². The van der Waals surface area contributed by atoms with Crippen LogP contribution >= 0.6 is 0 Å². The number of likely N-dealkylation sites (tertiary alicyclic amines) is 1. The first-order chi connectivity index (χ1) is 9.85. The normalized spacial score (nSPS) is 19.5. The van der Waals surface area contributed by atoms with Crippen LogP contribution in [0.2, 0.25) is 0 Å². The van der Waals surface area contributed by atoms with E-state index in [0.29, 0.717) is 18.7 Å². The Hall–Kier alpha value is -1.71. The van der Waals surface area contributed by atoms with Crippen molar-refractivity contribution in [3.05, 3.63) is 34.2 Å². The Morgan fingerprint density at radius 3 is 2.95 bits per heavy atom. The summed E-state index contributed by atoms with van der Waals surface area (Å²) in [5.74, 6) is -0.204. The summed E-state index contributed by atoms with van der Waals surface area (Å²) in [6.45, 7) is 1.24. The zero-order valence-electron chi connectivity index (χ0n) is 11.4. The van der Waals surface area contributed by atoms with Crippen molar-refractivity contribution in [1.29, 1.82) is 0 Å². The van der Waals surface area contributed by atoms with E-state index >= 15 is 0 Å². The lowest BCUT2D eigenvalue weighted by Gasteiger charge is -2.32. The monoisotopic (exact) mass is 314 g/mol. The first-order valence-electron chi connectivity index (χ1n) is 6.60. The van der Waals surface area contributed by atoms with E-state index in [4.69, 9.17) is 5.14 Å². The molecule has 1 aromatic heterocycles. The quantitative estimate of drug-likeness (QED) is 0.660. The molecule has 1 aromatic rings. The van der Waals surface area contributed by atoms with Crippen LogP contribution in [-0.2, 0) is 10.2 Å². The summed E-state index contributed by atoms with van der Waals surface area (Å²) in [7, 11) is -3.72. The van der Waals surface area contributed by atoms with Crippen LogP contribution in [0, 0.1) is 5.92 Å². The molecule has 2 rings (SSSR count). The van der Waals surface area contributed by atoms with Crippen LogP contribution in [0.5, 0.6) is 0 Å². The molecule has 1 unspecified atom stereocenters. The number of aromatic nitrogens is 1. The molecule has 1 aliphatic heterocycles. The molecule has 0 aromatic carbocycles. The van der Waals surface area contributed by atoms with Gasteiger partial charge in [0.1, 0.15) is 0 Å². The zero-order chi connectivity index (χ0) is 15.5. The number of aromatic amines is 1. The third-order valence-corrected chi connectivity index (χ3v) is 3.97. The highest BCUT2D eigenvalue weighted by atomic mass is 32.2. The maximum absolute atomic E-state index is 12.3. The van der Waals surface area contributed by atoms with Gasteiger partial charge >= 0.3 is 0 Å². The molecule has 1 amide bonds. The number of pyridine rings is 1. The van der Waals surface area contributed by atoms with Gasteiger partial charge in [0, 0.05) is 37.5 Å². The second kappa shape index (κ2) is 6.37. The minimum absolute atomic E-state index is 0.0167. The molecule has 0 bridgehead atoms. The first-order valence-corrected chi connectivity index (χ1v) is 8.15. The number of H-pyrrole nitrogens is 1. The van der Waals surface area contributed by atoms with Crippen molar-refractivity contribution in [2.45, 2.75) is 12.8 Å². The summed E-state index contributed by atoms with van der Waals surface area (Å²) in [4.78, 5) is 27.6. The number of piperidine rings is 1. The SMILES string of the molecule is NS(=O)(=O)NCC1CCCN(C(=O)c2cc[nH]c(=O)c2)C1. The zero-order valence-corrected chi connectivity index (χ0v) is 12.2. The average molecular weight is 314 g/mol. The lowest BCUT2D eigenvalue weighted by atomic mass is 9.98. The standard InChI is InChI=1S/C12H18N4O4S/c13-21(19,20)15-7-9-2-1-5-16(8-9)12(18)10-3-4-14-11(17)6-10/h3-4,6,9,15H,1-2,5,7-8H2,(H,14,17)(H2,13,19,20). The van der Waals surface area contributed by atoms with E-state index in [-0.39, 0.29) is 23.9 Å². The molecule has 1 saturated heterocycles. The van der Waals surface area contributed by atoms with Gasteiger partial charge < -0.3 is 9.88 Å². The summed E-state index contributed by atoms with van der Waals surface area (Å²) in [5.41, 5.74) is 0.00380. The number of rotatable bonds is 4. The van der Waals surface area contributed by atoms with Crippen molar-refractivity contribution in [1.82, 2.24) is 14.6 Å². The molecule has 0 saturated carbocycles. The fourth-order valence-corrected chi connectivity index (χ4v) is 2.88. The summed E-state index contributed by atoms with van der Waals surface area (Å²) >= 11 is 0. The topological polar surface area (TPSA) is 125 Å². The van der Waals surface area contributed by atoms with Crippen molar-refractivity contribution in [2.24, 2.45) is 11.1 Å². The van der Waals surface area contributed by atoms with Crippen LogP contribution in [0.4, 0.5) is 0 Å². The summed E-state index contributed by atoms with van der Waals surface area (Å²) < 4.78 is 24.0. The number of carbonyl (C=O) groups is 1. The summed E-state index contributed by atoms with van der Waals surface area (Å²) in [6.07, 6.45) is 3.03. The Morgan fingerprint density at radius 1 is 1.52 bits per heavy atom. The van der Waals surface area contributed by atoms with Crippen LogP contribution in [0.15, 0.2) is 23.1 Å². The number of nitrogens with two attached hydrogens (primary N) is 1. The Balaban J connectivity index is 2.00. The predicted octanol–water partition coefficient (Wildman–Crippen LogP) is -0.980. The number of hydrogen-bond donors (Lipinski definition) is 3. The molecular formula is C12H18N4O4S. The van der Waals surface area contributed by atoms with Gasteiger partial charge in [0.25, 0.3) is 16.1 Å². The smallest absolute Gasteiger partial charge is 0.274 e. The maximum atomic E-state index is 12.3. The van der Waals surface area contributed by atoms with Gasteiger partial charge in [0.05, 0.1) is 0 Å². The molecule has 9 heteroatoms. The van der Waals surface area contributed by atoms with Crippen LogP contribution in [0.25, 0.3) is 0 Å². The number of nitrogens with zero attached hydrogens (tertiary/aromatic N) is 1. The number of nitrogens with one attached hydrogen (secondary N) is 2. The molecular weight excluding hydrogens is 296 g/mol. The minimum Gasteiger partial charge on any atom is -0.338 e. The first kappa shape index (κ1) is 15.7. The summed E-state index contributed by atoms with van der Waals surface area (Å²) in [5, 5.41) is 4.90. The molecule has 1 fully saturated rings. The van der Waals surface area contributed by atoms with Crippen molar-refractivity contribution >= 4 is 16.1 Å². The molecule has 2 heterocycles. The Bertz CT molecular complexity index is 670. The molecule has 21 heavy (non-hydrogen) atoms. The van der Waals surface area contributed by atoms with E-state index in [1.54, 1.807) is 11.0 Å². The van der Waals surface area contributed by atoms with Gasteiger partial charge in [-0.2, -0.15) is 8.42 Å². The molecule has 4 N–H and O–H groups in total. The van der Waals surface area contributed by atoms with Crippen LogP contribution in [0.1, 0.15) is 23.2 Å². The highest BCUT2D eigenvalue weighted by molar-refractivity contribution is 7.87. The van der Waals surface area contributed by atoms with Gasteiger partial charge in [-0.1, -0.05) is 0 Å². The van der Waals surface area contributed by atoms with E-state index in [2.05, 4.69) is 9.71 Å². The second-order valence-electron chi connectivity index (χ2n) is 5.09. The van der Waals surface area contributed by atoms with Crippen molar-refractivity contribution in [2.75, 3.05) is 19.6 Å². The van der Waals surface area contributed by atoms with Gasteiger partial charge in [-0.3, -0.25) is 9.59 Å². The van der Waals surface area contributed by atoms with E-state index in [9.17, 15) is 18.0 Å². The minimum atomic E-state index is -3.72. The number of hydrogen-bond acceptors (Lipinski definition) is 4. The fraction of sp³-hybridized carbons (Fsp3) is 0.500. The van der Waals surface area contributed by atoms with Crippen molar-refractivity contribution in [3.8, 4) is 0 Å². The van der Waals surface area contributed by atoms with Crippen LogP contribution < -0.4 is 15.4 Å². The molecule has 0 spiro atoms. The maximum Gasteiger partial charge on any atom is 0.274 e. The third kappa shape index (κ3) is 4.66. The van der Waals surface area contributed by atoms with Crippen molar-refractivity contribution < 1.29 is 13.2 Å². The van der Waals surface area contributed by atoms with E-state index in [1.165, 1.54) is 12.3 Å². The van der Waals surface area contributed by atoms with Gasteiger partial charge in [0.2, 0.25) is 5.56 Å². The van der Waals surface area contributed by atoms with Crippen LogP contribution in [0.3, 0.4) is 0 Å². The molecule has 1 aliphatic rings. The van der Waals surface area contributed by atoms with Gasteiger partial charge in [-0.15, -0.1) is 0 Å². The molecule has 0 aliphatic carbocycles. The van der Waals surface area contributed by atoms with Crippen LogP contribution in [-0.4, -0.2) is 43.8 Å².